The number of piperidine rings is 1. The van der Waals surface area contributed by atoms with Crippen LogP contribution in [0.2, 0.25) is 0 Å². The lowest BCUT2D eigenvalue weighted by molar-refractivity contribution is -0.153. The molecule has 0 spiro atoms. The number of amides is 1. The Kier molecular flexibility index (Phi) is 4.11. The zero-order valence-electron chi connectivity index (χ0n) is 9.82. The van der Waals surface area contributed by atoms with Crippen LogP contribution in [-0.4, -0.2) is 48.3 Å². The van der Waals surface area contributed by atoms with Gasteiger partial charge in [0.25, 0.3) is 5.91 Å². The normalized spacial score (nSPS) is 22.9. The molecular weight excluding hydrogens is 194 g/mol. The molecule has 15 heavy (non-hydrogen) atoms. The summed E-state index contributed by atoms with van der Waals surface area (Å²) >= 11 is 0. The summed E-state index contributed by atoms with van der Waals surface area (Å²) in [5, 5.41) is 9.08. The fourth-order valence-electron chi connectivity index (χ4n) is 1.87. The van der Waals surface area contributed by atoms with E-state index in [1.54, 1.807) is 25.9 Å². The lowest BCUT2D eigenvalue weighted by Gasteiger charge is -2.36. The van der Waals surface area contributed by atoms with Crippen LogP contribution < -0.4 is 0 Å². The summed E-state index contributed by atoms with van der Waals surface area (Å²) in [5.41, 5.74) is -0.753. The van der Waals surface area contributed by atoms with Crippen molar-refractivity contribution in [3.63, 3.8) is 0 Å². The second-order valence-electron chi connectivity index (χ2n) is 4.66. The molecule has 1 aliphatic heterocycles. The minimum atomic E-state index is -0.753. The van der Waals surface area contributed by atoms with Gasteiger partial charge in [-0.1, -0.05) is 0 Å². The maximum atomic E-state index is 12.0. The molecule has 1 heterocycles. The molecule has 1 fully saturated rings. The van der Waals surface area contributed by atoms with Gasteiger partial charge in [0.2, 0.25) is 0 Å². The number of rotatable bonds is 3. The third-order valence-electron chi connectivity index (χ3n) is 3.09. The van der Waals surface area contributed by atoms with Gasteiger partial charge in [-0.2, -0.15) is 0 Å². The molecule has 1 N–H and O–H groups in total. The van der Waals surface area contributed by atoms with E-state index in [1.807, 2.05) is 0 Å². The van der Waals surface area contributed by atoms with Gasteiger partial charge < -0.3 is 14.7 Å². The second-order valence-corrected chi connectivity index (χ2v) is 4.66. The van der Waals surface area contributed by atoms with Crippen molar-refractivity contribution in [1.29, 1.82) is 0 Å². The third kappa shape index (κ3) is 2.92. The van der Waals surface area contributed by atoms with Crippen molar-refractivity contribution < 1.29 is 14.6 Å². The summed E-state index contributed by atoms with van der Waals surface area (Å²) in [6.45, 7) is 5.15. The van der Waals surface area contributed by atoms with E-state index < -0.39 is 5.60 Å². The number of aliphatic hydroxyl groups excluding tert-OH is 1. The van der Waals surface area contributed by atoms with Crippen molar-refractivity contribution in [1.82, 2.24) is 4.90 Å². The SMILES string of the molecule is COC(C)(C)C(=O)N1CCCC(CO)C1. The lowest BCUT2D eigenvalue weighted by atomic mass is 9.97. The largest absolute Gasteiger partial charge is 0.396 e. The first-order chi connectivity index (χ1) is 7.01. The highest BCUT2D eigenvalue weighted by atomic mass is 16.5. The van der Waals surface area contributed by atoms with Crippen LogP contribution in [0.15, 0.2) is 0 Å². The number of aliphatic hydroxyl groups is 1. The molecule has 0 saturated carbocycles. The summed E-state index contributed by atoms with van der Waals surface area (Å²) in [4.78, 5) is 13.8. The summed E-state index contributed by atoms with van der Waals surface area (Å²) < 4.78 is 5.17. The van der Waals surface area contributed by atoms with Gasteiger partial charge in [0.05, 0.1) is 0 Å². The molecule has 1 rings (SSSR count). The van der Waals surface area contributed by atoms with E-state index in [-0.39, 0.29) is 18.4 Å². The molecule has 1 unspecified atom stereocenters. The van der Waals surface area contributed by atoms with Crippen LogP contribution in [0, 0.1) is 5.92 Å². The Bertz CT molecular complexity index is 228. The Labute approximate surface area is 91.2 Å². The predicted molar refractivity (Wildman–Crippen MR) is 57.5 cm³/mol. The maximum absolute atomic E-state index is 12.0. The van der Waals surface area contributed by atoms with Crippen LogP contribution >= 0.6 is 0 Å². The topological polar surface area (TPSA) is 49.8 Å². The summed E-state index contributed by atoms with van der Waals surface area (Å²) in [6, 6.07) is 0. The Hall–Kier alpha value is -0.610. The molecule has 1 amide bonds. The van der Waals surface area contributed by atoms with Crippen molar-refractivity contribution >= 4 is 5.91 Å². The zero-order valence-corrected chi connectivity index (χ0v) is 9.82. The van der Waals surface area contributed by atoms with Gasteiger partial charge >= 0.3 is 0 Å². The van der Waals surface area contributed by atoms with Crippen molar-refractivity contribution in [3.8, 4) is 0 Å². The maximum Gasteiger partial charge on any atom is 0.254 e. The van der Waals surface area contributed by atoms with Crippen LogP contribution in [-0.2, 0) is 9.53 Å². The van der Waals surface area contributed by atoms with Crippen LogP contribution in [0.3, 0.4) is 0 Å². The molecule has 4 heteroatoms. The molecular formula is C11H21NO3. The first-order valence-electron chi connectivity index (χ1n) is 5.46. The predicted octanol–water partition coefficient (Wildman–Crippen LogP) is 0.642. The molecule has 0 aromatic carbocycles. The van der Waals surface area contributed by atoms with Gasteiger partial charge in [-0.05, 0) is 32.6 Å². The lowest BCUT2D eigenvalue weighted by Crippen LogP contribution is -2.50. The molecule has 1 saturated heterocycles. The Morgan fingerprint density at radius 3 is 2.80 bits per heavy atom. The van der Waals surface area contributed by atoms with Crippen LogP contribution in [0.4, 0.5) is 0 Å². The highest BCUT2D eigenvalue weighted by molar-refractivity contribution is 5.84. The fraction of sp³-hybridized carbons (Fsp3) is 0.909. The van der Waals surface area contributed by atoms with Gasteiger partial charge in [0, 0.05) is 26.8 Å². The summed E-state index contributed by atoms with van der Waals surface area (Å²) in [6.07, 6.45) is 1.98. The Balaban J connectivity index is 2.60. The Morgan fingerprint density at radius 2 is 2.27 bits per heavy atom. The highest BCUT2D eigenvalue weighted by Crippen LogP contribution is 2.20. The van der Waals surface area contributed by atoms with Gasteiger partial charge in [0.1, 0.15) is 5.60 Å². The van der Waals surface area contributed by atoms with E-state index >= 15 is 0 Å². The van der Waals surface area contributed by atoms with Gasteiger partial charge in [0.15, 0.2) is 0 Å². The quantitative estimate of drug-likeness (QED) is 0.751. The standard InChI is InChI=1S/C11H21NO3/c1-11(2,15-3)10(14)12-6-4-5-9(7-12)8-13/h9,13H,4-8H2,1-3H3. The van der Waals surface area contributed by atoms with Crippen molar-refractivity contribution in [3.05, 3.63) is 0 Å². The molecule has 1 atom stereocenters. The molecule has 0 radical (unpaired) electrons. The van der Waals surface area contributed by atoms with Crippen LogP contribution in [0.25, 0.3) is 0 Å². The summed E-state index contributed by atoms with van der Waals surface area (Å²) in [7, 11) is 1.55. The molecule has 1 aliphatic rings. The van der Waals surface area contributed by atoms with Gasteiger partial charge in [-0.25, -0.2) is 0 Å². The number of methoxy groups -OCH3 is 1. The molecule has 0 bridgehead atoms. The molecule has 0 aromatic rings. The second kappa shape index (κ2) is 4.94. The number of likely N-dealkylation sites (tertiary alicyclic amines) is 1. The summed E-state index contributed by atoms with van der Waals surface area (Å²) in [5.74, 6) is 0.249. The number of hydrogen-bond acceptors (Lipinski definition) is 3. The van der Waals surface area contributed by atoms with Crippen molar-refractivity contribution in [2.24, 2.45) is 5.92 Å². The van der Waals surface area contributed by atoms with E-state index in [1.165, 1.54) is 0 Å². The van der Waals surface area contributed by atoms with E-state index in [2.05, 4.69) is 0 Å². The van der Waals surface area contributed by atoms with E-state index in [0.717, 1.165) is 19.4 Å². The van der Waals surface area contributed by atoms with E-state index in [9.17, 15) is 4.79 Å². The Morgan fingerprint density at radius 1 is 1.60 bits per heavy atom. The number of carbonyl (C=O) groups is 1. The number of nitrogens with zero attached hydrogens (tertiary/aromatic N) is 1. The first kappa shape index (κ1) is 12.5. The number of carbonyl (C=O) groups excluding carboxylic acids is 1. The minimum Gasteiger partial charge on any atom is -0.396 e. The van der Waals surface area contributed by atoms with Gasteiger partial charge in [-0.15, -0.1) is 0 Å². The monoisotopic (exact) mass is 215 g/mol. The molecule has 0 aromatic heterocycles. The third-order valence-corrected chi connectivity index (χ3v) is 3.09. The van der Waals surface area contributed by atoms with E-state index in [0.29, 0.717) is 6.54 Å². The highest BCUT2D eigenvalue weighted by Gasteiger charge is 2.34. The average Bonchev–Trinajstić information content (AvgIpc) is 2.28. The zero-order chi connectivity index (χ0) is 11.5. The van der Waals surface area contributed by atoms with Crippen molar-refractivity contribution in [2.45, 2.75) is 32.3 Å². The van der Waals surface area contributed by atoms with Crippen molar-refractivity contribution in [2.75, 3.05) is 26.8 Å². The van der Waals surface area contributed by atoms with Crippen LogP contribution in [0.1, 0.15) is 26.7 Å². The van der Waals surface area contributed by atoms with Crippen LogP contribution in [0.5, 0.6) is 0 Å². The molecule has 4 nitrogen and oxygen atoms in total. The smallest absolute Gasteiger partial charge is 0.254 e. The first-order valence-corrected chi connectivity index (χ1v) is 5.46. The minimum absolute atomic E-state index is 0.0168. The van der Waals surface area contributed by atoms with E-state index in [4.69, 9.17) is 9.84 Å². The molecule has 88 valence electrons. The number of hydrogen-bond donors (Lipinski definition) is 1. The molecule has 0 aliphatic carbocycles. The van der Waals surface area contributed by atoms with Gasteiger partial charge in [-0.3, -0.25) is 4.79 Å². The average molecular weight is 215 g/mol. The number of ether oxygens (including phenoxy) is 1. The fourth-order valence-corrected chi connectivity index (χ4v) is 1.87.